The van der Waals surface area contributed by atoms with E-state index in [-0.39, 0.29) is 11.4 Å². The first-order valence-electron chi connectivity index (χ1n) is 5.22. The van der Waals surface area contributed by atoms with Gasteiger partial charge in [0.25, 0.3) is 5.69 Å². The third kappa shape index (κ3) is 2.62. The highest BCUT2D eigenvalue weighted by Gasteiger charge is 2.14. The van der Waals surface area contributed by atoms with Gasteiger partial charge in [-0.1, -0.05) is 0 Å². The minimum atomic E-state index is -0.555. The molecule has 2 rings (SSSR count). The molecule has 1 aromatic carbocycles. The number of aryl methyl sites for hydroxylation is 1. The number of halogens is 1. The molecule has 0 aliphatic carbocycles. The second-order valence-corrected chi connectivity index (χ2v) is 3.75. The fourth-order valence-electron chi connectivity index (χ4n) is 1.55. The number of nitrogens with zero attached hydrogens (tertiary/aromatic N) is 3. The molecule has 0 amide bonds. The van der Waals surface area contributed by atoms with Crippen molar-refractivity contribution in [3.8, 4) is 0 Å². The van der Waals surface area contributed by atoms with Crippen molar-refractivity contribution >= 4 is 11.4 Å². The molecular weight excluding hydrogens is 239 g/mol. The van der Waals surface area contributed by atoms with Crippen LogP contribution in [0.2, 0.25) is 0 Å². The highest BCUT2D eigenvalue weighted by molar-refractivity contribution is 5.61. The molecule has 0 saturated heterocycles. The fraction of sp³-hybridized carbons (Fsp3) is 0.182. The number of benzene rings is 1. The molecule has 1 N–H and O–H groups in total. The zero-order valence-corrected chi connectivity index (χ0v) is 9.63. The van der Waals surface area contributed by atoms with E-state index >= 15 is 0 Å². The molecule has 0 bridgehead atoms. The molecule has 1 heterocycles. The number of aromatic nitrogens is 2. The van der Waals surface area contributed by atoms with E-state index in [1.807, 2.05) is 0 Å². The van der Waals surface area contributed by atoms with E-state index < -0.39 is 10.7 Å². The van der Waals surface area contributed by atoms with Gasteiger partial charge < -0.3 is 5.32 Å². The highest BCUT2D eigenvalue weighted by Crippen LogP contribution is 2.25. The van der Waals surface area contributed by atoms with Gasteiger partial charge in [-0.3, -0.25) is 14.8 Å². The van der Waals surface area contributed by atoms with Crippen LogP contribution >= 0.6 is 0 Å². The van der Waals surface area contributed by atoms with E-state index in [2.05, 4.69) is 10.4 Å². The molecule has 0 fully saturated rings. The van der Waals surface area contributed by atoms with Crippen molar-refractivity contribution in [2.45, 2.75) is 6.54 Å². The lowest BCUT2D eigenvalue weighted by Gasteiger charge is -2.05. The summed E-state index contributed by atoms with van der Waals surface area (Å²) in [6.07, 6.45) is 1.76. The SMILES string of the molecule is Cn1ccc(CNc2cc(F)ccc2[N+](=O)[O-])n1. The molecule has 2 aromatic rings. The third-order valence-corrected chi connectivity index (χ3v) is 2.38. The Morgan fingerprint density at radius 2 is 2.28 bits per heavy atom. The number of nitro groups is 1. The molecule has 94 valence electrons. The zero-order chi connectivity index (χ0) is 13.1. The van der Waals surface area contributed by atoms with Gasteiger partial charge in [-0.25, -0.2) is 4.39 Å². The van der Waals surface area contributed by atoms with Crippen molar-refractivity contribution in [2.75, 3.05) is 5.32 Å². The summed E-state index contributed by atoms with van der Waals surface area (Å²) in [5.74, 6) is -0.524. The van der Waals surface area contributed by atoms with Crippen LogP contribution in [-0.2, 0) is 13.6 Å². The number of nitro benzene ring substituents is 1. The van der Waals surface area contributed by atoms with Gasteiger partial charge in [0.05, 0.1) is 17.2 Å². The van der Waals surface area contributed by atoms with Crippen LogP contribution in [0.3, 0.4) is 0 Å². The van der Waals surface area contributed by atoms with Gasteiger partial charge >= 0.3 is 0 Å². The van der Waals surface area contributed by atoms with E-state index in [1.54, 1.807) is 24.0 Å². The van der Waals surface area contributed by atoms with Crippen LogP contribution in [0.1, 0.15) is 5.69 Å². The summed E-state index contributed by atoms with van der Waals surface area (Å²) >= 11 is 0. The Kier molecular flexibility index (Phi) is 3.22. The standard InChI is InChI=1S/C11H11FN4O2/c1-15-5-4-9(14-15)7-13-10-6-8(12)2-3-11(10)16(17)18/h2-6,13H,7H2,1H3. The van der Waals surface area contributed by atoms with E-state index in [0.29, 0.717) is 6.54 Å². The average Bonchev–Trinajstić information content (AvgIpc) is 2.72. The lowest BCUT2D eigenvalue weighted by Crippen LogP contribution is -2.04. The maximum Gasteiger partial charge on any atom is 0.292 e. The number of rotatable bonds is 4. The molecule has 7 heteroatoms. The maximum absolute atomic E-state index is 13.1. The van der Waals surface area contributed by atoms with Crippen molar-refractivity contribution in [1.29, 1.82) is 0 Å². The Morgan fingerprint density at radius 1 is 1.50 bits per heavy atom. The lowest BCUT2D eigenvalue weighted by atomic mass is 10.2. The first-order valence-corrected chi connectivity index (χ1v) is 5.22. The molecule has 0 radical (unpaired) electrons. The topological polar surface area (TPSA) is 73.0 Å². The van der Waals surface area contributed by atoms with Crippen LogP contribution < -0.4 is 5.32 Å². The van der Waals surface area contributed by atoms with Crippen LogP contribution in [0.25, 0.3) is 0 Å². The van der Waals surface area contributed by atoms with Gasteiger partial charge in [-0.15, -0.1) is 0 Å². The van der Waals surface area contributed by atoms with Crippen molar-refractivity contribution in [3.05, 3.63) is 52.1 Å². The Balaban J connectivity index is 2.17. The summed E-state index contributed by atoms with van der Waals surface area (Å²) in [6.45, 7) is 0.297. The van der Waals surface area contributed by atoms with Gasteiger partial charge in [0.15, 0.2) is 0 Å². The Labute approximate surface area is 102 Å². The van der Waals surface area contributed by atoms with Crippen LogP contribution in [0.5, 0.6) is 0 Å². The molecule has 6 nitrogen and oxygen atoms in total. The second kappa shape index (κ2) is 4.82. The molecule has 18 heavy (non-hydrogen) atoms. The summed E-state index contributed by atoms with van der Waals surface area (Å²) < 4.78 is 14.7. The lowest BCUT2D eigenvalue weighted by molar-refractivity contribution is -0.384. The monoisotopic (exact) mass is 250 g/mol. The maximum atomic E-state index is 13.1. The average molecular weight is 250 g/mol. The van der Waals surface area contributed by atoms with Crippen molar-refractivity contribution in [1.82, 2.24) is 9.78 Å². The Morgan fingerprint density at radius 3 is 2.89 bits per heavy atom. The number of anilines is 1. The second-order valence-electron chi connectivity index (χ2n) is 3.75. The van der Waals surface area contributed by atoms with Crippen LogP contribution in [-0.4, -0.2) is 14.7 Å². The van der Waals surface area contributed by atoms with E-state index in [0.717, 1.165) is 23.9 Å². The molecule has 0 aliphatic rings. The van der Waals surface area contributed by atoms with Crippen molar-refractivity contribution in [2.24, 2.45) is 7.05 Å². The summed E-state index contributed by atoms with van der Waals surface area (Å²) in [5, 5.41) is 17.7. The molecule has 0 unspecified atom stereocenters. The molecule has 0 spiro atoms. The number of nitrogens with one attached hydrogen (secondary N) is 1. The Hall–Kier alpha value is -2.44. The van der Waals surface area contributed by atoms with Crippen LogP contribution in [0.15, 0.2) is 30.5 Å². The van der Waals surface area contributed by atoms with Gasteiger partial charge in [-0.05, 0) is 12.1 Å². The predicted molar refractivity (Wildman–Crippen MR) is 63.6 cm³/mol. The highest BCUT2D eigenvalue weighted by atomic mass is 19.1. The third-order valence-electron chi connectivity index (χ3n) is 2.38. The predicted octanol–water partition coefficient (Wildman–Crippen LogP) is 2.08. The summed E-state index contributed by atoms with van der Waals surface area (Å²) in [5.41, 5.74) is 0.703. The van der Waals surface area contributed by atoms with Gasteiger partial charge in [-0.2, -0.15) is 5.10 Å². The minimum absolute atomic E-state index is 0.144. The number of hydrogen-bond donors (Lipinski definition) is 1. The molecule has 0 saturated carbocycles. The minimum Gasteiger partial charge on any atom is -0.374 e. The quantitative estimate of drug-likeness (QED) is 0.666. The van der Waals surface area contributed by atoms with Crippen LogP contribution in [0, 0.1) is 15.9 Å². The molecular formula is C11H11FN4O2. The van der Waals surface area contributed by atoms with Crippen molar-refractivity contribution in [3.63, 3.8) is 0 Å². The van der Waals surface area contributed by atoms with Crippen LogP contribution in [0.4, 0.5) is 15.8 Å². The van der Waals surface area contributed by atoms with Gasteiger partial charge in [0, 0.05) is 25.4 Å². The van der Waals surface area contributed by atoms with E-state index in [1.165, 1.54) is 0 Å². The van der Waals surface area contributed by atoms with E-state index in [4.69, 9.17) is 0 Å². The van der Waals surface area contributed by atoms with E-state index in [9.17, 15) is 14.5 Å². The van der Waals surface area contributed by atoms with Crippen molar-refractivity contribution < 1.29 is 9.31 Å². The smallest absolute Gasteiger partial charge is 0.292 e. The zero-order valence-electron chi connectivity index (χ0n) is 9.63. The summed E-state index contributed by atoms with van der Waals surface area (Å²) in [4.78, 5) is 10.2. The first kappa shape index (κ1) is 12.0. The van der Waals surface area contributed by atoms with Gasteiger partial charge in [0.2, 0.25) is 0 Å². The summed E-state index contributed by atoms with van der Waals surface area (Å²) in [7, 11) is 1.77. The molecule has 0 aliphatic heterocycles. The molecule has 0 atom stereocenters. The normalized spacial score (nSPS) is 10.3. The number of hydrogen-bond acceptors (Lipinski definition) is 4. The fourth-order valence-corrected chi connectivity index (χ4v) is 1.55. The first-order chi connectivity index (χ1) is 8.56. The summed E-state index contributed by atoms with van der Waals surface area (Å²) in [6, 6.07) is 5.07. The Bertz CT molecular complexity index is 582. The molecule has 1 aromatic heterocycles. The van der Waals surface area contributed by atoms with Gasteiger partial charge in [0.1, 0.15) is 11.5 Å². The largest absolute Gasteiger partial charge is 0.374 e.